The van der Waals surface area contributed by atoms with Crippen molar-refractivity contribution in [1.29, 1.82) is 0 Å². The Morgan fingerprint density at radius 3 is 2.03 bits per heavy atom. The van der Waals surface area contributed by atoms with Crippen molar-refractivity contribution in [3.05, 3.63) is 101 Å². The van der Waals surface area contributed by atoms with Crippen LogP contribution in [0.15, 0.2) is 78.9 Å². The quantitative estimate of drug-likeness (QED) is 0.480. The third kappa shape index (κ3) is 3.88. The summed E-state index contributed by atoms with van der Waals surface area (Å²) in [6.07, 6.45) is 0.124. The molecule has 0 unspecified atom stereocenters. The number of amides is 3. The number of nitrogens with zero attached hydrogens (tertiary/aromatic N) is 1. The highest BCUT2D eigenvalue weighted by atomic mass is 16.5. The Morgan fingerprint density at radius 2 is 1.41 bits per heavy atom. The minimum absolute atomic E-state index is 0.124. The topological polar surface area (TPSA) is 92.8 Å². The van der Waals surface area contributed by atoms with E-state index in [-0.39, 0.29) is 28.8 Å². The van der Waals surface area contributed by atoms with Gasteiger partial charge in [0.2, 0.25) is 5.91 Å². The van der Waals surface area contributed by atoms with Crippen LogP contribution in [0, 0.1) is 0 Å². The van der Waals surface area contributed by atoms with Crippen molar-refractivity contribution in [2.45, 2.75) is 12.5 Å². The van der Waals surface area contributed by atoms with Gasteiger partial charge in [-0.05, 0) is 29.8 Å². The molecule has 0 radical (unpaired) electrons. The Balaban J connectivity index is 1.70. The number of ether oxygens (including phenoxy) is 1. The molecule has 1 heterocycles. The number of nitrogens with one attached hydrogen (secondary N) is 1. The number of benzene rings is 3. The molecule has 3 amide bonds. The first kappa shape index (κ1) is 21.0. The van der Waals surface area contributed by atoms with Gasteiger partial charge < -0.3 is 10.1 Å². The molecule has 0 fully saturated rings. The first-order valence-corrected chi connectivity index (χ1v) is 10.0. The number of anilines is 1. The molecule has 0 saturated heterocycles. The molecule has 1 aliphatic heterocycles. The zero-order chi connectivity index (χ0) is 22.7. The summed E-state index contributed by atoms with van der Waals surface area (Å²) in [5.74, 6) is -2.24. The van der Waals surface area contributed by atoms with E-state index in [2.05, 4.69) is 5.32 Å². The van der Waals surface area contributed by atoms with Crippen molar-refractivity contribution in [2.75, 3.05) is 12.4 Å². The number of fused-ring (bicyclic) bond motifs is 1. The van der Waals surface area contributed by atoms with Crippen molar-refractivity contribution in [3.8, 4) is 0 Å². The van der Waals surface area contributed by atoms with E-state index in [1.165, 1.54) is 13.2 Å². The van der Waals surface area contributed by atoms with Crippen LogP contribution in [0.1, 0.15) is 36.6 Å². The lowest BCUT2D eigenvalue weighted by Crippen LogP contribution is -2.48. The summed E-state index contributed by atoms with van der Waals surface area (Å²) in [5, 5.41) is 2.70. The molecule has 4 rings (SSSR count). The molecule has 1 aliphatic rings. The van der Waals surface area contributed by atoms with E-state index in [1.807, 2.05) is 30.3 Å². The second kappa shape index (κ2) is 8.85. The molecule has 0 spiro atoms. The van der Waals surface area contributed by atoms with Crippen LogP contribution in [0.25, 0.3) is 0 Å². The SMILES string of the molecule is COC(=O)c1ccccc1NC(=O)[C@H](Cc1ccccc1)N1C(=O)c2ccccc2C1=O. The second-order valence-corrected chi connectivity index (χ2v) is 7.26. The normalized spacial score (nSPS) is 13.5. The third-order valence-corrected chi connectivity index (χ3v) is 5.30. The number of imide groups is 1. The van der Waals surface area contributed by atoms with E-state index in [0.29, 0.717) is 0 Å². The molecule has 0 aromatic heterocycles. The molecular weight excluding hydrogens is 408 g/mol. The fraction of sp³-hybridized carbons (Fsp3) is 0.120. The first-order valence-electron chi connectivity index (χ1n) is 10.0. The molecule has 1 N–H and O–H groups in total. The summed E-state index contributed by atoms with van der Waals surface area (Å²) in [6, 6.07) is 20.9. The zero-order valence-corrected chi connectivity index (χ0v) is 17.3. The lowest BCUT2D eigenvalue weighted by Gasteiger charge is -2.26. The molecule has 7 heteroatoms. The van der Waals surface area contributed by atoms with Crippen molar-refractivity contribution in [3.63, 3.8) is 0 Å². The van der Waals surface area contributed by atoms with Gasteiger partial charge in [0.25, 0.3) is 11.8 Å². The van der Waals surface area contributed by atoms with E-state index in [9.17, 15) is 19.2 Å². The van der Waals surface area contributed by atoms with Gasteiger partial charge in [-0.2, -0.15) is 0 Å². The Hall–Kier alpha value is -4.26. The van der Waals surface area contributed by atoms with E-state index in [4.69, 9.17) is 4.74 Å². The Labute approximate surface area is 184 Å². The lowest BCUT2D eigenvalue weighted by atomic mass is 10.0. The molecular formula is C25H20N2O5. The number of methoxy groups -OCH3 is 1. The standard InChI is InChI=1S/C25H20N2O5/c1-32-25(31)19-13-7-8-14-20(19)26-22(28)21(15-16-9-3-2-4-10-16)27-23(29)17-11-5-6-12-18(17)24(27)30/h2-14,21H,15H2,1H3,(H,26,28)/t21-/m0/s1. The van der Waals surface area contributed by atoms with Crippen molar-refractivity contribution in [2.24, 2.45) is 0 Å². The van der Waals surface area contributed by atoms with Crippen molar-refractivity contribution >= 4 is 29.4 Å². The molecule has 0 aliphatic carbocycles. The number of esters is 1. The van der Waals surface area contributed by atoms with Gasteiger partial charge in [0.1, 0.15) is 6.04 Å². The molecule has 3 aromatic carbocycles. The monoisotopic (exact) mass is 428 g/mol. The maximum atomic E-state index is 13.4. The van der Waals surface area contributed by atoms with Crippen LogP contribution in [0.3, 0.4) is 0 Å². The Morgan fingerprint density at radius 1 is 0.844 bits per heavy atom. The van der Waals surface area contributed by atoms with Gasteiger partial charge in [0.05, 0.1) is 29.5 Å². The number of carbonyl (C=O) groups is 4. The van der Waals surface area contributed by atoms with Crippen LogP contribution in [0.4, 0.5) is 5.69 Å². The van der Waals surface area contributed by atoms with Crippen molar-refractivity contribution in [1.82, 2.24) is 4.90 Å². The van der Waals surface area contributed by atoms with E-state index in [0.717, 1.165) is 10.5 Å². The lowest BCUT2D eigenvalue weighted by molar-refractivity contribution is -0.119. The van der Waals surface area contributed by atoms with Crippen LogP contribution in [0.5, 0.6) is 0 Å². The Bertz CT molecular complexity index is 1170. The highest BCUT2D eigenvalue weighted by Gasteiger charge is 2.42. The highest BCUT2D eigenvalue weighted by Crippen LogP contribution is 2.27. The summed E-state index contributed by atoms with van der Waals surface area (Å²) < 4.78 is 4.78. The van der Waals surface area contributed by atoms with Gasteiger partial charge in [0, 0.05) is 6.42 Å². The van der Waals surface area contributed by atoms with Gasteiger partial charge in [-0.1, -0.05) is 54.6 Å². The minimum atomic E-state index is -1.12. The van der Waals surface area contributed by atoms with Crippen LogP contribution in [0.2, 0.25) is 0 Å². The summed E-state index contributed by atoms with van der Waals surface area (Å²) in [6.45, 7) is 0. The number of hydrogen-bond acceptors (Lipinski definition) is 5. The largest absolute Gasteiger partial charge is 0.465 e. The number of para-hydroxylation sites is 1. The molecule has 32 heavy (non-hydrogen) atoms. The summed E-state index contributed by atoms with van der Waals surface area (Å²) in [7, 11) is 1.25. The van der Waals surface area contributed by atoms with E-state index < -0.39 is 29.7 Å². The Kier molecular flexibility index (Phi) is 5.81. The third-order valence-electron chi connectivity index (χ3n) is 5.30. The van der Waals surface area contributed by atoms with Gasteiger partial charge >= 0.3 is 5.97 Å². The number of hydrogen-bond donors (Lipinski definition) is 1. The fourth-order valence-electron chi connectivity index (χ4n) is 3.73. The molecule has 7 nitrogen and oxygen atoms in total. The fourth-order valence-corrected chi connectivity index (χ4v) is 3.73. The van der Waals surface area contributed by atoms with E-state index in [1.54, 1.807) is 42.5 Å². The smallest absolute Gasteiger partial charge is 0.339 e. The van der Waals surface area contributed by atoms with Gasteiger partial charge in [-0.15, -0.1) is 0 Å². The first-order chi connectivity index (χ1) is 15.5. The molecule has 3 aromatic rings. The van der Waals surface area contributed by atoms with Crippen molar-refractivity contribution < 1.29 is 23.9 Å². The minimum Gasteiger partial charge on any atom is -0.465 e. The maximum absolute atomic E-state index is 13.4. The van der Waals surface area contributed by atoms with Crippen LogP contribution in [-0.2, 0) is 16.0 Å². The average Bonchev–Trinajstić information content (AvgIpc) is 3.08. The number of carbonyl (C=O) groups excluding carboxylic acids is 4. The molecule has 0 bridgehead atoms. The van der Waals surface area contributed by atoms with Gasteiger partial charge in [-0.25, -0.2) is 4.79 Å². The summed E-state index contributed by atoms with van der Waals surface area (Å²) >= 11 is 0. The second-order valence-electron chi connectivity index (χ2n) is 7.26. The van der Waals surface area contributed by atoms with E-state index >= 15 is 0 Å². The van der Waals surface area contributed by atoms with Crippen LogP contribution < -0.4 is 5.32 Å². The van der Waals surface area contributed by atoms with Gasteiger partial charge in [-0.3, -0.25) is 19.3 Å². The molecule has 1 atom stereocenters. The molecule has 0 saturated carbocycles. The predicted molar refractivity (Wildman–Crippen MR) is 117 cm³/mol. The van der Waals surface area contributed by atoms with Gasteiger partial charge in [0.15, 0.2) is 0 Å². The average molecular weight is 428 g/mol. The zero-order valence-electron chi connectivity index (χ0n) is 17.3. The number of rotatable bonds is 6. The highest BCUT2D eigenvalue weighted by molar-refractivity contribution is 6.23. The summed E-state index contributed by atoms with van der Waals surface area (Å²) in [5.41, 5.74) is 1.71. The summed E-state index contributed by atoms with van der Waals surface area (Å²) in [4.78, 5) is 52.6. The maximum Gasteiger partial charge on any atom is 0.339 e. The van der Waals surface area contributed by atoms with Crippen LogP contribution >= 0.6 is 0 Å². The molecule has 160 valence electrons. The predicted octanol–water partition coefficient (Wildman–Crippen LogP) is 3.32. The van der Waals surface area contributed by atoms with Crippen LogP contribution in [-0.4, -0.2) is 41.7 Å².